The second kappa shape index (κ2) is 4.76. The topological polar surface area (TPSA) is 91.4 Å². The van der Waals surface area contributed by atoms with Crippen LogP contribution in [0.2, 0.25) is 0 Å². The number of benzene rings is 1. The van der Waals surface area contributed by atoms with Crippen molar-refractivity contribution in [2.45, 2.75) is 0 Å². The zero-order valence-corrected chi connectivity index (χ0v) is 10.9. The highest BCUT2D eigenvalue weighted by atomic mass is 16.6. The molecule has 0 atom stereocenters. The molecular weight excluding hydrogens is 260 g/mol. The van der Waals surface area contributed by atoms with Crippen LogP contribution < -0.4 is 20.5 Å². The van der Waals surface area contributed by atoms with E-state index in [2.05, 4.69) is 10.4 Å². The fourth-order valence-electron chi connectivity index (χ4n) is 1.99. The summed E-state index contributed by atoms with van der Waals surface area (Å²) in [5.74, 6) is 0.925. The number of anilines is 2. The van der Waals surface area contributed by atoms with Gasteiger partial charge in [0, 0.05) is 25.0 Å². The number of hydrogen-bond acceptors (Lipinski definition) is 5. The van der Waals surface area contributed by atoms with Crippen LogP contribution in [0.5, 0.6) is 11.5 Å². The summed E-state index contributed by atoms with van der Waals surface area (Å²) in [6.07, 6.45) is 1.58. The number of ether oxygens (including phenoxy) is 2. The summed E-state index contributed by atoms with van der Waals surface area (Å²) in [5.41, 5.74) is 6.85. The largest absolute Gasteiger partial charge is 0.486 e. The Balaban J connectivity index is 1.81. The molecule has 1 aliphatic rings. The Morgan fingerprint density at radius 1 is 1.35 bits per heavy atom. The monoisotopic (exact) mass is 274 g/mol. The van der Waals surface area contributed by atoms with E-state index in [4.69, 9.17) is 15.2 Å². The predicted octanol–water partition coefficient (Wildman–Crippen LogP) is 1.03. The van der Waals surface area contributed by atoms with Crippen LogP contribution in [0, 0.1) is 0 Å². The van der Waals surface area contributed by atoms with Crippen LogP contribution in [-0.2, 0) is 7.05 Å². The number of carbonyl (C=O) groups excluding carboxylic acids is 1. The Kier molecular flexibility index (Phi) is 2.94. The van der Waals surface area contributed by atoms with E-state index in [1.807, 2.05) is 0 Å². The molecule has 20 heavy (non-hydrogen) atoms. The summed E-state index contributed by atoms with van der Waals surface area (Å²) in [7, 11) is 1.71. The number of nitrogens with two attached hydrogens (primary N) is 1. The average Bonchev–Trinajstić information content (AvgIpc) is 2.78. The first kappa shape index (κ1) is 12.3. The van der Waals surface area contributed by atoms with E-state index in [0.29, 0.717) is 36.1 Å². The SMILES string of the molecule is Cn1cc(N)c(C(=O)Nc2ccc3c(c2)OCCO3)n1. The fourth-order valence-corrected chi connectivity index (χ4v) is 1.99. The molecule has 1 aromatic carbocycles. The Labute approximate surface area is 115 Å². The summed E-state index contributed by atoms with van der Waals surface area (Å²) in [6.45, 7) is 1.03. The van der Waals surface area contributed by atoms with Crippen LogP contribution in [0.25, 0.3) is 0 Å². The van der Waals surface area contributed by atoms with E-state index in [0.717, 1.165) is 0 Å². The van der Waals surface area contributed by atoms with Crippen LogP contribution in [0.15, 0.2) is 24.4 Å². The van der Waals surface area contributed by atoms with Gasteiger partial charge in [0.25, 0.3) is 5.91 Å². The lowest BCUT2D eigenvalue weighted by atomic mass is 10.2. The molecule has 0 aliphatic carbocycles. The van der Waals surface area contributed by atoms with Crippen molar-refractivity contribution in [1.29, 1.82) is 0 Å². The van der Waals surface area contributed by atoms with Crippen LogP contribution in [0.3, 0.4) is 0 Å². The summed E-state index contributed by atoms with van der Waals surface area (Å²) in [4.78, 5) is 12.1. The summed E-state index contributed by atoms with van der Waals surface area (Å²) < 4.78 is 12.4. The number of hydrogen-bond donors (Lipinski definition) is 2. The molecule has 1 amide bonds. The van der Waals surface area contributed by atoms with E-state index < -0.39 is 0 Å². The standard InChI is InChI=1S/C13H14N4O3/c1-17-7-9(14)12(16-17)13(18)15-8-2-3-10-11(6-8)20-5-4-19-10/h2-3,6-7H,4-5,14H2,1H3,(H,15,18). The first-order chi connectivity index (χ1) is 9.63. The van der Waals surface area contributed by atoms with Crippen molar-refractivity contribution >= 4 is 17.3 Å². The Hall–Kier alpha value is -2.70. The summed E-state index contributed by atoms with van der Waals surface area (Å²) >= 11 is 0. The summed E-state index contributed by atoms with van der Waals surface area (Å²) in [5, 5.41) is 6.75. The molecule has 3 rings (SSSR count). The number of aryl methyl sites for hydroxylation is 1. The molecule has 1 aliphatic heterocycles. The normalized spacial score (nSPS) is 13.1. The molecule has 2 heterocycles. The first-order valence-electron chi connectivity index (χ1n) is 6.13. The molecule has 104 valence electrons. The Morgan fingerprint density at radius 3 is 2.80 bits per heavy atom. The number of aromatic nitrogens is 2. The van der Waals surface area contributed by atoms with Crippen molar-refractivity contribution < 1.29 is 14.3 Å². The average molecular weight is 274 g/mol. The minimum atomic E-state index is -0.361. The highest BCUT2D eigenvalue weighted by Crippen LogP contribution is 2.32. The molecule has 0 spiro atoms. The van der Waals surface area contributed by atoms with Crippen LogP contribution in [-0.4, -0.2) is 28.9 Å². The second-order valence-corrected chi connectivity index (χ2v) is 4.42. The summed E-state index contributed by atoms with van der Waals surface area (Å²) in [6, 6.07) is 5.21. The Morgan fingerprint density at radius 2 is 2.10 bits per heavy atom. The number of nitrogen functional groups attached to an aromatic ring is 1. The lowest BCUT2D eigenvalue weighted by Crippen LogP contribution is -2.17. The Bertz CT molecular complexity index is 666. The number of amides is 1. The van der Waals surface area contributed by atoms with Gasteiger partial charge >= 0.3 is 0 Å². The molecule has 0 radical (unpaired) electrons. The zero-order chi connectivity index (χ0) is 14.1. The highest BCUT2D eigenvalue weighted by Gasteiger charge is 2.16. The third-order valence-corrected chi connectivity index (χ3v) is 2.87. The van der Waals surface area contributed by atoms with Crippen molar-refractivity contribution in [3.8, 4) is 11.5 Å². The van der Waals surface area contributed by atoms with Gasteiger partial charge in [0.2, 0.25) is 0 Å². The van der Waals surface area contributed by atoms with Gasteiger partial charge in [-0.2, -0.15) is 5.10 Å². The number of nitrogens with zero attached hydrogens (tertiary/aromatic N) is 2. The molecule has 2 aromatic rings. The lowest BCUT2D eigenvalue weighted by Gasteiger charge is -2.18. The number of nitrogens with one attached hydrogen (secondary N) is 1. The molecule has 0 saturated carbocycles. The molecule has 0 saturated heterocycles. The first-order valence-corrected chi connectivity index (χ1v) is 6.13. The predicted molar refractivity (Wildman–Crippen MR) is 73.0 cm³/mol. The van der Waals surface area contributed by atoms with Crippen molar-refractivity contribution in [2.24, 2.45) is 7.05 Å². The van der Waals surface area contributed by atoms with Gasteiger partial charge in [-0.15, -0.1) is 0 Å². The minimum Gasteiger partial charge on any atom is -0.486 e. The van der Waals surface area contributed by atoms with Gasteiger partial charge in [-0.05, 0) is 12.1 Å². The van der Waals surface area contributed by atoms with E-state index in [1.165, 1.54) is 4.68 Å². The molecule has 7 heteroatoms. The van der Waals surface area contributed by atoms with Crippen LogP contribution >= 0.6 is 0 Å². The lowest BCUT2D eigenvalue weighted by molar-refractivity contribution is 0.102. The quantitative estimate of drug-likeness (QED) is 0.853. The fraction of sp³-hybridized carbons (Fsp3) is 0.231. The van der Waals surface area contributed by atoms with E-state index in [1.54, 1.807) is 31.4 Å². The second-order valence-electron chi connectivity index (χ2n) is 4.42. The smallest absolute Gasteiger partial charge is 0.278 e. The molecule has 3 N–H and O–H groups in total. The minimum absolute atomic E-state index is 0.197. The van der Waals surface area contributed by atoms with Crippen molar-refractivity contribution in [3.05, 3.63) is 30.1 Å². The molecule has 0 bridgehead atoms. The third kappa shape index (κ3) is 2.25. The maximum atomic E-state index is 12.1. The van der Waals surface area contributed by atoms with E-state index in [-0.39, 0.29) is 11.6 Å². The van der Waals surface area contributed by atoms with Gasteiger partial charge < -0.3 is 20.5 Å². The number of carbonyl (C=O) groups is 1. The number of fused-ring (bicyclic) bond motifs is 1. The van der Waals surface area contributed by atoms with Crippen LogP contribution in [0.1, 0.15) is 10.5 Å². The zero-order valence-electron chi connectivity index (χ0n) is 10.9. The highest BCUT2D eigenvalue weighted by molar-refractivity contribution is 6.06. The van der Waals surface area contributed by atoms with Crippen molar-refractivity contribution in [2.75, 3.05) is 24.3 Å². The molecule has 0 unspecified atom stereocenters. The van der Waals surface area contributed by atoms with Gasteiger partial charge in [0.05, 0.1) is 5.69 Å². The molecular formula is C13H14N4O3. The third-order valence-electron chi connectivity index (χ3n) is 2.87. The van der Waals surface area contributed by atoms with Gasteiger partial charge in [0.15, 0.2) is 17.2 Å². The van der Waals surface area contributed by atoms with Gasteiger partial charge in [0.1, 0.15) is 13.2 Å². The maximum absolute atomic E-state index is 12.1. The van der Waals surface area contributed by atoms with E-state index >= 15 is 0 Å². The van der Waals surface area contributed by atoms with Crippen LogP contribution in [0.4, 0.5) is 11.4 Å². The van der Waals surface area contributed by atoms with Crippen molar-refractivity contribution in [3.63, 3.8) is 0 Å². The molecule has 7 nitrogen and oxygen atoms in total. The van der Waals surface area contributed by atoms with Gasteiger partial charge in [-0.1, -0.05) is 0 Å². The molecule has 1 aromatic heterocycles. The van der Waals surface area contributed by atoms with Crippen molar-refractivity contribution in [1.82, 2.24) is 9.78 Å². The molecule has 0 fully saturated rings. The maximum Gasteiger partial charge on any atom is 0.278 e. The van der Waals surface area contributed by atoms with Gasteiger partial charge in [-0.3, -0.25) is 9.48 Å². The van der Waals surface area contributed by atoms with Gasteiger partial charge in [-0.25, -0.2) is 0 Å². The van der Waals surface area contributed by atoms with E-state index in [9.17, 15) is 4.79 Å². The number of rotatable bonds is 2.